The van der Waals surface area contributed by atoms with Gasteiger partial charge in [-0.2, -0.15) is 0 Å². The first-order chi connectivity index (χ1) is 10.7. The quantitative estimate of drug-likeness (QED) is 0.843. The number of hydrogen-bond acceptors (Lipinski definition) is 4. The Kier molecular flexibility index (Phi) is 4.45. The molecule has 1 saturated heterocycles. The molecule has 1 amide bonds. The van der Waals surface area contributed by atoms with E-state index in [1.807, 2.05) is 30.3 Å². The second-order valence-corrected chi connectivity index (χ2v) is 5.87. The Hall–Kier alpha value is -1.85. The Bertz CT molecular complexity index is 563. The van der Waals surface area contributed by atoms with Crippen molar-refractivity contribution in [2.45, 2.75) is 32.8 Å². The van der Waals surface area contributed by atoms with Crippen LogP contribution in [0.4, 0.5) is 0 Å². The molecule has 5 nitrogen and oxygen atoms in total. The van der Waals surface area contributed by atoms with E-state index in [0.29, 0.717) is 12.4 Å². The van der Waals surface area contributed by atoms with E-state index in [-0.39, 0.29) is 18.4 Å². The Balaban J connectivity index is 1.56. The maximum Gasteiger partial charge on any atom is 0.288 e. The Morgan fingerprint density at radius 1 is 1.32 bits per heavy atom. The lowest BCUT2D eigenvalue weighted by molar-refractivity contribution is -0.155. The zero-order chi connectivity index (χ0) is 15.5. The molecule has 2 atom stereocenters. The molecule has 5 heteroatoms. The van der Waals surface area contributed by atoms with Gasteiger partial charge in [0.25, 0.3) is 5.91 Å². The minimum atomic E-state index is -0.392. The normalized spacial score (nSPS) is 23.7. The van der Waals surface area contributed by atoms with E-state index in [1.54, 1.807) is 4.90 Å². The molecule has 2 aliphatic rings. The fraction of sp³-hybridized carbons (Fsp3) is 0.471. The van der Waals surface area contributed by atoms with E-state index in [9.17, 15) is 4.79 Å². The van der Waals surface area contributed by atoms with Crippen LogP contribution in [0.15, 0.2) is 36.1 Å². The molecule has 0 radical (unpaired) electrons. The lowest BCUT2D eigenvalue weighted by atomic mass is 10.0. The van der Waals surface area contributed by atoms with Crippen LogP contribution in [-0.4, -0.2) is 35.3 Å². The molecule has 118 valence electrons. The molecule has 2 heterocycles. The molecule has 1 aromatic carbocycles. The van der Waals surface area contributed by atoms with Crippen LogP contribution >= 0.6 is 0 Å². The molecule has 0 spiro atoms. The first-order valence-electron chi connectivity index (χ1n) is 7.63. The lowest BCUT2D eigenvalue weighted by Crippen LogP contribution is -2.29. The van der Waals surface area contributed by atoms with Crippen molar-refractivity contribution < 1.29 is 19.4 Å². The Labute approximate surface area is 130 Å². The first kappa shape index (κ1) is 15.1. The summed E-state index contributed by atoms with van der Waals surface area (Å²) in [6.07, 6.45) is 2.23. The third kappa shape index (κ3) is 3.67. The predicted molar refractivity (Wildman–Crippen MR) is 80.5 cm³/mol. The number of hydrogen-bond donors (Lipinski definition) is 1. The van der Waals surface area contributed by atoms with Crippen molar-refractivity contribution in [3.05, 3.63) is 47.2 Å². The number of allylic oxidation sites excluding steroid dienone is 1. The van der Waals surface area contributed by atoms with E-state index < -0.39 is 6.29 Å². The van der Waals surface area contributed by atoms with E-state index >= 15 is 0 Å². The van der Waals surface area contributed by atoms with Crippen LogP contribution in [0, 0.1) is 5.92 Å². The highest BCUT2D eigenvalue weighted by Gasteiger charge is 2.32. The van der Waals surface area contributed by atoms with Crippen molar-refractivity contribution in [3.63, 3.8) is 0 Å². The molecule has 0 aromatic heterocycles. The number of carbonyl (C=O) groups excluding carboxylic acids is 1. The topological polar surface area (TPSA) is 58.8 Å². The molecule has 1 aromatic rings. The molecule has 1 N–H and O–H groups in total. The predicted octanol–water partition coefficient (Wildman–Crippen LogP) is 1.80. The first-order valence-corrected chi connectivity index (χ1v) is 7.63. The van der Waals surface area contributed by atoms with Gasteiger partial charge in [0.1, 0.15) is 0 Å². The van der Waals surface area contributed by atoms with Gasteiger partial charge in [0.05, 0.1) is 13.2 Å². The van der Waals surface area contributed by atoms with Crippen molar-refractivity contribution >= 4 is 5.91 Å². The van der Waals surface area contributed by atoms with Crippen molar-refractivity contribution in [3.8, 4) is 0 Å². The number of nitrogens with zero attached hydrogens (tertiary/aromatic N) is 1. The van der Waals surface area contributed by atoms with E-state index in [2.05, 4.69) is 6.92 Å². The molecule has 0 bridgehead atoms. The van der Waals surface area contributed by atoms with E-state index in [4.69, 9.17) is 14.6 Å². The van der Waals surface area contributed by atoms with Crippen LogP contribution in [0.2, 0.25) is 0 Å². The molecule has 2 aliphatic heterocycles. The Morgan fingerprint density at radius 3 is 2.64 bits per heavy atom. The van der Waals surface area contributed by atoms with Crippen molar-refractivity contribution in [2.75, 3.05) is 13.1 Å². The molecule has 1 fully saturated rings. The minimum Gasteiger partial charge on any atom is -0.459 e. The molecular formula is C17H21NO4. The molecule has 0 aliphatic carbocycles. The zero-order valence-electron chi connectivity index (χ0n) is 12.7. The molecule has 3 rings (SSSR count). The number of aliphatic hydroxyl groups is 1. The van der Waals surface area contributed by atoms with Crippen LogP contribution < -0.4 is 0 Å². The van der Waals surface area contributed by atoms with Gasteiger partial charge in [-0.1, -0.05) is 31.2 Å². The van der Waals surface area contributed by atoms with Gasteiger partial charge in [0.2, 0.25) is 6.29 Å². The van der Waals surface area contributed by atoms with Crippen LogP contribution in [0.25, 0.3) is 0 Å². The van der Waals surface area contributed by atoms with Gasteiger partial charge in [-0.05, 0) is 23.1 Å². The van der Waals surface area contributed by atoms with Gasteiger partial charge >= 0.3 is 0 Å². The van der Waals surface area contributed by atoms with Gasteiger partial charge < -0.3 is 19.5 Å². The van der Waals surface area contributed by atoms with Crippen LogP contribution in [0.1, 0.15) is 24.5 Å². The summed E-state index contributed by atoms with van der Waals surface area (Å²) < 4.78 is 11.5. The average molecular weight is 303 g/mol. The molecular weight excluding hydrogens is 282 g/mol. The van der Waals surface area contributed by atoms with Gasteiger partial charge in [-0.25, -0.2) is 0 Å². The highest BCUT2D eigenvalue weighted by Crippen LogP contribution is 2.26. The lowest BCUT2D eigenvalue weighted by Gasteiger charge is -2.27. The van der Waals surface area contributed by atoms with Crippen molar-refractivity contribution in [2.24, 2.45) is 5.92 Å². The minimum absolute atomic E-state index is 0.0348. The zero-order valence-corrected chi connectivity index (χ0v) is 12.7. The fourth-order valence-corrected chi connectivity index (χ4v) is 2.42. The maximum absolute atomic E-state index is 12.0. The summed E-state index contributed by atoms with van der Waals surface area (Å²) in [4.78, 5) is 13.8. The number of benzene rings is 1. The fourth-order valence-electron chi connectivity index (χ4n) is 2.42. The molecule has 0 unspecified atom stereocenters. The van der Waals surface area contributed by atoms with Gasteiger partial charge in [-0.3, -0.25) is 4.79 Å². The smallest absolute Gasteiger partial charge is 0.288 e. The summed E-state index contributed by atoms with van der Waals surface area (Å²) in [6.45, 7) is 4.16. The van der Waals surface area contributed by atoms with Crippen molar-refractivity contribution in [1.29, 1.82) is 0 Å². The second kappa shape index (κ2) is 6.50. The van der Waals surface area contributed by atoms with Crippen LogP contribution in [0.3, 0.4) is 0 Å². The second-order valence-electron chi connectivity index (χ2n) is 5.87. The van der Waals surface area contributed by atoms with E-state index in [0.717, 1.165) is 30.6 Å². The number of carbonyl (C=O) groups is 1. The maximum atomic E-state index is 12.0. The SMILES string of the molecule is C[C@@H]1C=C(C(=O)N2CC2)O[C@H](OCc2ccc(CO)cc2)C1. The summed E-state index contributed by atoms with van der Waals surface area (Å²) in [5, 5.41) is 9.03. The summed E-state index contributed by atoms with van der Waals surface area (Å²) in [5.41, 5.74) is 1.89. The monoisotopic (exact) mass is 303 g/mol. The third-order valence-electron chi connectivity index (χ3n) is 3.85. The van der Waals surface area contributed by atoms with Gasteiger partial charge in [-0.15, -0.1) is 0 Å². The van der Waals surface area contributed by atoms with Crippen molar-refractivity contribution in [1.82, 2.24) is 4.90 Å². The summed E-state index contributed by atoms with van der Waals surface area (Å²) in [7, 11) is 0. The summed E-state index contributed by atoms with van der Waals surface area (Å²) in [5.74, 6) is 0.638. The molecule has 0 saturated carbocycles. The number of rotatable bonds is 5. The highest BCUT2D eigenvalue weighted by molar-refractivity contribution is 5.93. The third-order valence-corrected chi connectivity index (χ3v) is 3.85. The number of ether oxygens (including phenoxy) is 2. The summed E-state index contributed by atoms with van der Waals surface area (Å²) >= 11 is 0. The van der Waals surface area contributed by atoms with Crippen LogP contribution in [0.5, 0.6) is 0 Å². The largest absolute Gasteiger partial charge is 0.459 e. The Morgan fingerprint density at radius 2 is 2.00 bits per heavy atom. The standard InChI is InChI=1S/C17H21NO4/c1-12-8-15(17(20)18-6-7-18)22-16(9-12)21-11-14-4-2-13(10-19)3-5-14/h2-5,8,12,16,19H,6-7,9-11H2,1H3/t12-,16+/m1/s1. The van der Waals surface area contributed by atoms with Gasteiger partial charge in [0.15, 0.2) is 5.76 Å². The van der Waals surface area contributed by atoms with Crippen LogP contribution in [-0.2, 0) is 27.5 Å². The van der Waals surface area contributed by atoms with E-state index in [1.165, 1.54) is 0 Å². The number of amides is 1. The average Bonchev–Trinajstić information content (AvgIpc) is 3.37. The highest BCUT2D eigenvalue weighted by atomic mass is 16.7. The molecule has 22 heavy (non-hydrogen) atoms. The summed E-state index contributed by atoms with van der Waals surface area (Å²) in [6, 6.07) is 7.60. The van der Waals surface area contributed by atoms with Gasteiger partial charge in [0, 0.05) is 19.5 Å². The number of aliphatic hydroxyl groups excluding tert-OH is 1.